The van der Waals surface area contributed by atoms with Crippen molar-refractivity contribution >= 4 is 22.9 Å². The maximum atomic E-state index is 5.75. The van der Waals surface area contributed by atoms with E-state index in [0.29, 0.717) is 4.99 Å². The number of rotatable bonds is 5. The number of benzene rings is 1. The molecule has 0 radical (unpaired) electrons. The van der Waals surface area contributed by atoms with Gasteiger partial charge in [-0.2, -0.15) is 0 Å². The van der Waals surface area contributed by atoms with E-state index in [1.54, 1.807) is 0 Å². The number of anilines is 1. The molecule has 18 heavy (non-hydrogen) atoms. The molecule has 98 valence electrons. The molecular formula is C15H22N2S. The van der Waals surface area contributed by atoms with Crippen LogP contribution >= 0.6 is 12.2 Å². The Balaban J connectivity index is 1.94. The molecule has 0 amide bonds. The maximum absolute atomic E-state index is 5.75. The summed E-state index contributed by atoms with van der Waals surface area (Å²) in [5, 5.41) is 3.49. The fourth-order valence-corrected chi connectivity index (χ4v) is 2.91. The van der Waals surface area contributed by atoms with Crippen molar-refractivity contribution in [1.29, 1.82) is 0 Å². The summed E-state index contributed by atoms with van der Waals surface area (Å²) in [6, 6.07) is 6.19. The van der Waals surface area contributed by atoms with Gasteiger partial charge in [0, 0.05) is 17.8 Å². The van der Waals surface area contributed by atoms with Crippen molar-refractivity contribution in [3.05, 3.63) is 29.3 Å². The molecule has 1 aromatic carbocycles. The van der Waals surface area contributed by atoms with Gasteiger partial charge >= 0.3 is 0 Å². The van der Waals surface area contributed by atoms with Gasteiger partial charge in [0.05, 0.1) is 0 Å². The molecule has 3 heteroatoms. The topological polar surface area (TPSA) is 38.0 Å². The molecule has 2 rings (SSSR count). The zero-order valence-electron chi connectivity index (χ0n) is 11.0. The second kappa shape index (κ2) is 6.19. The minimum absolute atomic E-state index is 0.471. The molecule has 1 fully saturated rings. The van der Waals surface area contributed by atoms with Crippen LogP contribution in [0, 0.1) is 12.8 Å². The molecule has 0 aliphatic heterocycles. The lowest BCUT2D eigenvalue weighted by atomic mass is 10.0. The highest BCUT2D eigenvalue weighted by molar-refractivity contribution is 7.80. The third kappa shape index (κ3) is 3.45. The van der Waals surface area contributed by atoms with Crippen molar-refractivity contribution in [3.8, 4) is 0 Å². The third-order valence-electron chi connectivity index (χ3n) is 3.78. The zero-order valence-corrected chi connectivity index (χ0v) is 11.9. The van der Waals surface area contributed by atoms with Gasteiger partial charge in [-0.1, -0.05) is 44.0 Å². The van der Waals surface area contributed by atoms with Gasteiger partial charge in [-0.25, -0.2) is 0 Å². The van der Waals surface area contributed by atoms with Crippen LogP contribution in [0.3, 0.4) is 0 Å². The molecule has 0 aromatic heterocycles. The molecule has 1 aliphatic rings. The number of nitrogens with two attached hydrogens (primary N) is 1. The summed E-state index contributed by atoms with van der Waals surface area (Å²) in [6.07, 6.45) is 6.88. The van der Waals surface area contributed by atoms with Gasteiger partial charge in [-0.05, 0) is 37.0 Å². The Hall–Kier alpha value is -1.09. The number of hydrogen-bond acceptors (Lipinski definition) is 2. The highest BCUT2D eigenvalue weighted by Gasteiger charge is 2.14. The highest BCUT2D eigenvalue weighted by Crippen LogP contribution is 2.27. The Labute approximate surface area is 115 Å². The van der Waals surface area contributed by atoms with E-state index in [4.69, 9.17) is 18.0 Å². The first-order valence-electron chi connectivity index (χ1n) is 6.81. The summed E-state index contributed by atoms with van der Waals surface area (Å²) in [5.74, 6) is 0.913. The summed E-state index contributed by atoms with van der Waals surface area (Å²) < 4.78 is 0. The molecule has 0 bridgehead atoms. The molecule has 0 saturated heterocycles. The predicted molar refractivity (Wildman–Crippen MR) is 82.1 cm³/mol. The fraction of sp³-hybridized carbons (Fsp3) is 0.533. The normalized spacial score (nSPS) is 15.8. The molecule has 0 atom stereocenters. The standard InChI is InChI=1S/C15H22N2S/c1-11-6-7-13(15(16)18)14(10-11)17-9-8-12-4-2-3-5-12/h6-7,10,12,17H,2-5,8-9H2,1H3,(H2,16,18). The van der Waals surface area contributed by atoms with Crippen LogP contribution in [0.4, 0.5) is 5.69 Å². The first-order valence-corrected chi connectivity index (χ1v) is 7.22. The van der Waals surface area contributed by atoms with Gasteiger partial charge in [0.15, 0.2) is 0 Å². The lowest BCUT2D eigenvalue weighted by Gasteiger charge is -2.14. The summed E-state index contributed by atoms with van der Waals surface area (Å²) in [5.41, 5.74) is 9.03. The van der Waals surface area contributed by atoms with Crippen molar-refractivity contribution < 1.29 is 0 Å². The molecular weight excluding hydrogens is 240 g/mol. The number of nitrogens with one attached hydrogen (secondary N) is 1. The molecule has 0 spiro atoms. The summed E-state index contributed by atoms with van der Waals surface area (Å²) in [4.78, 5) is 0.471. The first kappa shape index (κ1) is 13.3. The second-order valence-corrected chi connectivity index (χ2v) is 5.72. The predicted octanol–water partition coefficient (Wildman–Crippen LogP) is 3.62. The minimum Gasteiger partial charge on any atom is -0.389 e. The summed E-state index contributed by atoms with van der Waals surface area (Å²) in [7, 11) is 0. The largest absolute Gasteiger partial charge is 0.389 e. The quantitative estimate of drug-likeness (QED) is 0.796. The molecule has 1 saturated carbocycles. The Bertz CT molecular complexity index is 423. The Morgan fingerprint density at radius 2 is 2.11 bits per heavy atom. The van der Waals surface area contributed by atoms with E-state index < -0.39 is 0 Å². The van der Waals surface area contributed by atoms with E-state index in [1.165, 1.54) is 37.7 Å². The van der Waals surface area contributed by atoms with E-state index >= 15 is 0 Å². The van der Waals surface area contributed by atoms with Gasteiger partial charge in [-0.15, -0.1) is 0 Å². The maximum Gasteiger partial charge on any atom is 0.106 e. The van der Waals surface area contributed by atoms with Crippen LogP contribution in [0.2, 0.25) is 0 Å². The Morgan fingerprint density at radius 1 is 1.39 bits per heavy atom. The molecule has 2 nitrogen and oxygen atoms in total. The molecule has 1 aliphatic carbocycles. The average Bonchev–Trinajstić information content (AvgIpc) is 2.82. The fourth-order valence-electron chi connectivity index (χ4n) is 2.73. The van der Waals surface area contributed by atoms with Crippen molar-refractivity contribution in [3.63, 3.8) is 0 Å². The van der Waals surface area contributed by atoms with Crippen LogP contribution in [-0.2, 0) is 0 Å². The lowest BCUT2D eigenvalue weighted by molar-refractivity contribution is 0.518. The Kier molecular flexibility index (Phi) is 4.59. The monoisotopic (exact) mass is 262 g/mol. The highest BCUT2D eigenvalue weighted by atomic mass is 32.1. The summed E-state index contributed by atoms with van der Waals surface area (Å²) >= 11 is 5.09. The van der Waals surface area contributed by atoms with Crippen LogP contribution in [0.1, 0.15) is 43.2 Å². The number of aryl methyl sites for hydroxylation is 1. The molecule has 1 aromatic rings. The van der Waals surface area contributed by atoms with E-state index in [1.807, 2.05) is 6.07 Å². The van der Waals surface area contributed by atoms with E-state index in [9.17, 15) is 0 Å². The van der Waals surface area contributed by atoms with E-state index in [-0.39, 0.29) is 0 Å². The average molecular weight is 262 g/mol. The van der Waals surface area contributed by atoms with E-state index in [0.717, 1.165) is 23.7 Å². The van der Waals surface area contributed by atoms with Crippen molar-refractivity contribution in [2.24, 2.45) is 11.7 Å². The third-order valence-corrected chi connectivity index (χ3v) is 4.00. The lowest BCUT2D eigenvalue weighted by Crippen LogP contribution is -2.15. The minimum atomic E-state index is 0.471. The van der Waals surface area contributed by atoms with Gasteiger partial charge in [0.1, 0.15) is 4.99 Å². The van der Waals surface area contributed by atoms with Gasteiger partial charge < -0.3 is 11.1 Å². The van der Waals surface area contributed by atoms with Crippen molar-refractivity contribution in [2.75, 3.05) is 11.9 Å². The van der Waals surface area contributed by atoms with Crippen LogP contribution in [0.15, 0.2) is 18.2 Å². The van der Waals surface area contributed by atoms with Crippen LogP contribution < -0.4 is 11.1 Å². The van der Waals surface area contributed by atoms with Crippen LogP contribution in [0.25, 0.3) is 0 Å². The van der Waals surface area contributed by atoms with Gasteiger partial charge in [-0.3, -0.25) is 0 Å². The molecule has 0 unspecified atom stereocenters. The second-order valence-electron chi connectivity index (χ2n) is 5.28. The van der Waals surface area contributed by atoms with Crippen molar-refractivity contribution in [2.45, 2.75) is 39.0 Å². The van der Waals surface area contributed by atoms with E-state index in [2.05, 4.69) is 24.4 Å². The van der Waals surface area contributed by atoms with Gasteiger partial charge in [0.25, 0.3) is 0 Å². The zero-order chi connectivity index (χ0) is 13.0. The van der Waals surface area contributed by atoms with Crippen LogP contribution in [0.5, 0.6) is 0 Å². The van der Waals surface area contributed by atoms with Crippen LogP contribution in [-0.4, -0.2) is 11.5 Å². The number of hydrogen-bond donors (Lipinski definition) is 2. The molecule has 0 heterocycles. The molecule has 3 N–H and O–H groups in total. The smallest absolute Gasteiger partial charge is 0.106 e. The first-order chi connectivity index (χ1) is 8.66. The SMILES string of the molecule is Cc1ccc(C(N)=S)c(NCCC2CCCC2)c1. The number of thiocarbonyl (C=S) groups is 1. The summed E-state index contributed by atoms with van der Waals surface area (Å²) in [6.45, 7) is 3.11. The van der Waals surface area contributed by atoms with Crippen molar-refractivity contribution in [1.82, 2.24) is 0 Å². The van der Waals surface area contributed by atoms with Gasteiger partial charge in [0.2, 0.25) is 0 Å². The Morgan fingerprint density at radius 3 is 2.78 bits per heavy atom.